The molecule has 1 atom stereocenters. The van der Waals surface area contributed by atoms with Gasteiger partial charge in [-0.3, -0.25) is 0 Å². The van der Waals surface area contributed by atoms with Gasteiger partial charge >= 0.3 is 0 Å². The van der Waals surface area contributed by atoms with E-state index < -0.39 is 11.0 Å². The van der Waals surface area contributed by atoms with E-state index in [1.54, 1.807) is 28.4 Å². The fraction of sp³-hybridized carbons (Fsp3) is 0.231. The van der Waals surface area contributed by atoms with E-state index in [2.05, 4.69) is 18.2 Å². The number of hydrogen-bond acceptors (Lipinski definition) is 7. The normalized spacial score (nSPS) is 17.1. The van der Waals surface area contributed by atoms with Crippen LogP contribution < -0.4 is 23.7 Å². The predicted octanol–water partition coefficient (Wildman–Crippen LogP) is 6.86. The van der Waals surface area contributed by atoms with Crippen molar-refractivity contribution in [1.82, 2.24) is 0 Å². The Kier molecular flexibility index (Phi) is 7.38. The summed E-state index contributed by atoms with van der Waals surface area (Å²) in [5.74, 6) is 3.28. The summed E-state index contributed by atoms with van der Waals surface area (Å²) in [5, 5.41) is 23.3. The SMILES string of the molecule is COc1ccc(C2(c3ccc(OC)cc3)C=Cc3c4c(c5cc(OC)c(OC)cc5c3O2)-c2ccccc2C4(CO)CCO)cc1. The number of fused-ring (bicyclic) bond motifs is 8. The number of benzene rings is 5. The fourth-order valence-electron chi connectivity index (χ4n) is 7.34. The molecule has 0 fully saturated rings. The highest BCUT2D eigenvalue weighted by Gasteiger charge is 2.48. The third-order valence-electron chi connectivity index (χ3n) is 9.59. The van der Waals surface area contributed by atoms with Crippen molar-refractivity contribution in [2.75, 3.05) is 41.7 Å². The van der Waals surface area contributed by atoms with Gasteiger partial charge in [0.1, 0.15) is 17.2 Å². The number of hydrogen-bond donors (Lipinski definition) is 2. The van der Waals surface area contributed by atoms with Gasteiger partial charge in [0.05, 0.1) is 35.0 Å². The Morgan fingerprint density at radius 3 is 1.83 bits per heavy atom. The highest BCUT2D eigenvalue weighted by molar-refractivity contribution is 6.09. The summed E-state index contributed by atoms with van der Waals surface area (Å²) in [7, 11) is 6.54. The van der Waals surface area contributed by atoms with Crippen LogP contribution in [-0.2, 0) is 11.0 Å². The first kappa shape index (κ1) is 29.7. The van der Waals surface area contributed by atoms with Gasteiger partial charge in [0.2, 0.25) is 0 Å². The molecule has 0 radical (unpaired) electrons. The van der Waals surface area contributed by atoms with E-state index in [9.17, 15) is 10.2 Å². The first-order valence-corrected chi connectivity index (χ1v) is 15.2. The molecule has 1 unspecified atom stereocenters. The third kappa shape index (κ3) is 4.19. The molecule has 1 aliphatic heterocycles. The van der Waals surface area contributed by atoms with Gasteiger partial charge in [-0.15, -0.1) is 0 Å². The van der Waals surface area contributed by atoms with Crippen molar-refractivity contribution in [1.29, 1.82) is 0 Å². The summed E-state index contributed by atoms with van der Waals surface area (Å²) in [6.45, 7) is -0.280. The lowest BCUT2D eigenvalue weighted by Gasteiger charge is -2.39. The minimum absolute atomic E-state index is 0.0979. The summed E-state index contributed by atoms with van der Waals surface area (Å²) in [6, 6.07) is 27.8. The second-order valence-electron chi connectivity index (χ2n) is 11.6. The maximum atomic E-state index is 11.2. The molecule has 5 aromatic rings. The molecular formula is C39H36O7. The highest BCUT2D eigenvalue weighted by Crippen LogP contribution is 2.60. The molecule has 2 aliphatic rings. The average Bonchev–Trinajstić information content (AvgIpc) is 3.41. The Hall–Kier alpha value is -4.98. The summed E-state index contributed by atoms with van der Waals surface area (Å²) < 4.78 is 29.9. The molecule has 0 bridgehead atoms. The lowest BCUT2D eigenvalue weighted by atomic mass is 9.73. The minimum Gasteiger partial charge on any atom is -0.497 e. The summed E-state index contributed by atoms with van der Waals surface area (Å²) in [4.78, 5) is 0. The Balaban J connectivity index is 1.59. The van der Waals surface area contributed by atoms with Gasteiger partial charge in [-0.05, 0) is 76.5 Å². The maximum Gasteiger partial charge on any atom is 0.178 e. The van der Waals surface area contributed by atoms with Crippen molar-refractivity contribution < 1.29 is 33.9 Å². The predicted molar refractivity (Wildman–Crippen MR) is 178 cm³/mol. The first-order valence-electron chi connectivity index (χ1n) is 15.2. The molecule has 0 saturated heterocycles. The smallest absolute Gasteiger partial charge is 0.178 e. The van der Waals surface area contributed by atoms with E-state index in [0.717, 1.165) is 61.2 Å². The molecule has 5 aromatic carbocycles. The molecule has 7 heteroatoms. The Bertz CT molecular complexity index is 1910. The van der Waals surface area contributed by atoms with Gasteiger partial charge in [-0.25, -0.2) is 0 Å². The van der Waals surface area contributed by atoms with Crippen LogP contribution >= 0.6 is 0 Å². The molecular weight excluding hydrogens is 580 g/mol. The van der Waals surface area contributed by atoms with Crippen LogP contribution in [0.5, 0.6) is 28.7 Å². The molecule has 0 aromatic heterocycles. The van der Waals surface area contributed by atoms with Crippen LogP contribution in [0.4, 0.5) is 0 Å². The molecule has 1 aliphatic carbocycles. The molecule has 7 nitrogen and oxygen atoms in total. The van der Waals surface area contributed by atoms with Gasteiger partial charge in [-0.1, -0.05) is 54.6 Å². The largest absolute Gasteiger partial charge is 0.497 e. The quantitative estimate of drug-likeness (QED) is 0.187. The number of rotatable bonds is 9. The molecule has 1 heterocycles. The van der Waals surface area contributed by atoms with Crippen LogP contribution in [0.3, 0.4) is 0 Å². The highest BCUT2D eigenvalue weighted by atomic mass is 16.5. The number of aliphatic hydroxyl groups is 2. The van der Waals surface area contributed by atoms with Crippen LogP contribution in [0.1, 0.15) is 34.2 Å². The Morgan fingerprint density at radius 1 is 0.696 bits per heavy atom. The molecule has 7 rings (SSSR count). The zero-order valence-electron chi connectivity index (χ0n) is 26.3. The van der Waals surface area contributed by atoms with Crippen molar-refractivity contribution in [2.24, 2.45) is 0 Å². The summed E-state index contributed by atoms with van der Waals surface area (Å²) in [6.07, 6.45) is 4.53. The van der Waals surface area contributed by atoms with Gasteiger partial charge in [0.15, 0.2) is 17.1 Å². The lowest BCUT2D eigenvalue weighted by Crippen LogP contribution is -2.36. The number of ether oxygens (including phenoxy) is 5. The van der Waals surface area contributed by atoms with Crippen molar-refractivity contribution in [3.63, 3.8) is 0 Å². The average molecular weight is 617 g/mol. The van der Waals surface area contributed by atoms with Crippen molar-refractivity contribution in [3.05, 3.63) is 119 Å². The zero-order valence-corrected chi connectivity index (χ0v) is 26.3. The van der Waals surface area contributed by atoms with E-state index >= 15 is 0 Å². The second kappa shape index (κ2) is 11.4. The monoisotopic (exact) mass is 616 g/mol. The zero-order chi connectivity index (χ0) is 32.1. The maximum absolute atomic E-state index is 11.2. The van der Waals surface area contributed by atoms with Crippen LogP contribution in [0.25, 0.3) is 28.0 Å². The molecule has 0 amide bonds. The van der Waals surface area contributed by atoms with Gasteiger partial charge < -0.3 is 33.9 Å². The van der Waals surface area contributed by atoms with Crippen LogP contribution in [-0.4, -0.2) is 51.9 Å². The molecule has 0 spiro atoms. The van der Waals surface area contributed by atoms with E-state index in [4.69, 9.17) is 23.7 Å². The van der Waals surface area contributed by atoms with Gasteiger partial charge in [-0.2, -0.15) is 0 Å². The summed E-state index contributed by atoms with van der Waals surface area (Å²) >= 11 is 0. The summed E-state index contributed by atoms with van der Waals surface area (Å²) in [5.41, 5.74) is 4.69. The third-order valence-corrected chi connectivity index (χ3v) is 9.59. The lowest BCUT2D eigenvalue weighted by molar-refractivity contribution is 0.160. The second-order valence-corrected chi connectivity index (χ2v) is 11.6. The fourth-order valence-corrected chi connectivity index (χ4v) is 7.34. The van der Waals surface area contributed by atoms with Crippen molar-refractivity contribution in [3.8, 4) is 39.9 Å². The van der Waals surface area contributed by atoms with Crippen molar-refractivity contribution >= 4 is 16.8 Å². The Labute approximate surface area is 268 Å². The number of methoxy groups -OCH3 is 4. The van der Waals surface area contributed by atoms with Crippen molar-refractivity contribution in [2.45, 2.75) is 17.4 Å². The molecule has 234 valence electrons. The minimum atomic E-state index is -1.02. The number of aliphatic hydroxyl groups excluding tert-OH is 2. The first-order chi connectivity index (χ1) is 22.5. The molecule has 0 saturated carbocycles. The topological polar surface area (TPSA) is 86.6 Å². The molecule has 2 N–H and O–H groups in total. The van der Waals surface area contributed by atoms with Gasteiger partial charge in [0, 0.05) is 34.1 Å². The Morgan fingerprint density at radius 2 is 1.28 bits per heavy atom. The van der Waals surface area contributed by atoms with E-state index in [0.29, 0.717) is 23.7 Å². The van der Waals surface area contributed by atoms with Crippen LogP contribution in [0.2, 0.25) is 0 Å². The molecule has 46 heavy (non-hydrogen) atoms. The van der Waals surface area contributed by atoms with Crippen LogP contribution in [0, 0.1) is 0 Å². The van der Waals surface area contributed by atoms with Gasteiger partial charge in [0.25, 0.3) is 0 Å². The van der Waals surface area contributed by atoms with E-state index in [1.807, 2.05) is 78.9 Å². The van der Waals surface area contributed by atoms with E-state index in [-0.39, 0.29) is 13.2 Å². The van der Waals surface area contributed by atoms with E-state index in [1.165, 1.54) is 0 Å². The standard InChI is InChI=1S/C39H36O7/c1-42-26-13-9-24(10-14-26)39(25-11-15-27(43-2)16-12-25)18-17-29-36-35(28-7-5-6-8-32(28)38(36,23-41)19-20-40)30-21-33(44-3)34(45-4)22-31(30)37(29)46-39/h5-18,21-22,40-41H,19-20,23H2,1-4H3. The van der Waals surface area contributed by atoms with Crippen LogP contribution in [0.15, 0.2) is 91.0 Å².